The molecule has 0 fully saturated rings. The number of halogens is 1. The molecule has 2 heterocycles. The first kappa shape index (κ1) is 12.5. The third-order valence-electron chi connectivity index (χ3n) is 2.56. The Balaban J connectivity index is 1.81. The van der Waals surface area contributed by atoms with E-state index < -0.39 is 0 Å². The topological polar surface area (TPSA) is 57.4 Å². The summed E-state index contributed by atoms with van der Waals surface area (Å²) in [6, 6.07) is 7.78. The Morgan fingerprint density at radius 1 is 1.21 bits per heavy atom. The second-order valence-corrected chi connectivity index (χ2v) is 5.88. The van der Waals surface area contributed by atoms with Crippen molar-refractivity contribution in [1.82, 2.24) is 20.2 Å². The minimum absolute atomic E-state index is 0.447. The summed E-state index contributed by atoms with van der Waals surface area (Å²) in [5.41, 5.74) is 1.18. The summed E-state index contributed by atoms with van der Waals surface area (Å²) in [5.74, 6) is 0.727. The number of nitrogens with one attached hydrogen (secondary N) is 2. The first-order chi connectivity index (χ1) is 9.20. The molecule has 0 aliphatic heterocycles. The van der Waals surface area contributed by atoms with Crippen LogP contribution < -0.4 is 0 Å². The van der Waals surface area contributed by atoms with Gasteiger partial charge < -0.3 is 0 Å². The average Bonchev–Trinajstić information content (AvgIpc) is 3.01. The van der Waals surface area contributed by atoms with Gasteiger partial charge in [-0.2, -0.15) is 4.98 Å². The third-order valence-corrected chi connectivity index (χ3v) is 4.01. The maximum Gasteiger partial charge on any atom is 0.213 e. The van der Waals surface area contributed by atoms with Crippen LogP contribution in [0.5, 0.6) is 0 Å². The minimum atomic E-state index is 0.447. The number of benzene rings is 1. The van der Waals surface area contributed by atoms with Crippen molar-refractivity contribution in [3.63, 3.8) is 0 Å². The van der Waals surface area contributed by atoms with E-state index in [-0.39, 0.29) is 0 Å². The van der Waals surface area contributed by atoms with Gasteiger partial charge in [0.1, 0.15) is 0 Å². The van der Waals surface area contributed by atoms with Crippen molar-refractivity contribution in [2.24, 2.45) is 0 Å². The molecule has 0 radical (unpaired) electrons. The average molecular weight is 309 g/mol. The molecule has 96 valence electrons. The van der Waals surface area contributed by atoms with Crippen molar-refractivity contribution in [1.29, 1.82) is 0 Å². The quantitative estimate of drug-likeness (QED) is 0.723. The van der Waals surface area contributed by atoms with Gasteiger partial charge in [-0.05, 0) is 29.9 Å². The van der Waals surface area contributed by atoms with Crippen LogP contribution in [-0.2, 0) is 6.42 Å². The zero-order valence-corrected chi connectivity index (χ0v) is 12.1. The fraction of sp³-hybridized carbons (Fsp3) is 0.0833. The van der Waals surface area contributed by atoms with Gasteiger partial charge in [-0.25, -0.2) is 4.98 Å². The first-order valence-corrected chi connectivity index (χ1v) is 7.15. The number of hydrogen-bond donors (Lipinski definition) is 2. The molecule has 0 spiro atoms. The van der Waals surface area contributed by atoms with Crippen molar-refractivity contribution >= 4 is 35.2 Å². The van der Waals surface area contributed by atoms with E-state index in [1.165, 1.54) is 5.56 Å². The first-order valence-electron chi connectivity index (χ1n) is 5.55. The van der Waals surface area contributed by atoms with Crippen molar-refractivity contribution in [2.75, 3.05) is 0 Å². The van der Waals surface area contributed by atoms with Crippen LogP contribution in [0.3, 0.4) is 0 Å². The van der Waals surface area contributed by atoms with Gasteiger partial charge in [0.05, 0.1) is 9.88 Å². The molecule has 0 saturated heterocycles. The Labute approximate surface area is 123 Å². The summed E-state index contributed by atoms with van der Waals surface area (Å²) in [6.45, 7) is 0. The summed E-state index contributed by atoms with van der Waals surface area (Å²) in [4.78, 5) is 9.54. The molecule has 4 nitrogen and oxygen atoms in total. The molecule has 0 saturated carbocycles. The lowest BCUT2D eigenvalue weighted by atomic mass is 10.2. The molecule has 0 unspecified atom stereocenters. The van der Waals surface area contributed by atoms with E-state index in [0.29, 0.717) is 4.77 Å². The van der Waals surface area contributed by atoms with Gasteiger partial charge in [0.25, 0.3) is 0 Å². The van der Waals surface area contributed by atoms with Crippen LogP contribution in [0.25, 0.3) is 10.7 Å². The van der Waals surface area contributed by atoms with E-state index in [4.69, 9.17) is 23.8 Å². The van der Waals surface area contributed by atoms with Crippen LogP contribution in [-0.4, -0.2) is 20.2 Å². The molecule has 2 aromatic heterocycles. The smallest absolute Gasteiger partial charge is 0.213 e. The van der Waals surface area contributed by atoms with Crippen molar-refractivity contribution in [3.05, 3.63) is 50.8 Å². The predicted molar refractivity (Wildman–Crippen MR) is 79.1 cm³/mol. The molecular weight excluding hydrogens is 300 g/mol. The number of aromatic amines is 2. The fourth-order valence-electron chi connectivity index (χ4n) is 1.67. The van der Waals surface area contributed by atoms with Gasteiger partial charge in [0, 0.05) is 17.6 Å². The van der Waals surface area contributed by atoms with Crippen molar-refractivity contribution in [3.8, 4) is 10.7 Å². The number of aromatic nitrogens is 4. The lowest BCUT2D eigenvalue weighted by Gasteiger charge is -1.97. The maximum absolute atomic E-state index is 5.86. The highest BCUT2D eigenvalue weighted by Crippen LogP contribution is 2.24. The Hall–Kier alpha value is -1.50. The summed E-state index contributed by atoms with van der Waals surface area (Å²) in [6.07, 6.45) is 2.59. The SMILES string of the molecule is S=c1nc(-c2cnc(Cc3ccc(Cl)cc3)s2)[nH][nH]1. The summed E-state index contributed by atoms with van der Waals surface area (Å²) < 4.78 is 0.447. The molecule has 0 bridgehead atoms. The van der Waals surface area contributed by atoms with E-state index in [0.717, 1.165) is 27.2 Å². The highest BCUT2D eigenvalue weighted by atomic mass is 35.5. The van der Waals surface area contributed by atoms with Crippen LogP contribution >= 0.6 is 35.2 Å². The highest BCUT2D eigenvalue weighted by molar-refractivity contribution is 7.71. The molecule has 0 aliphatic carbocycles. The minimum Gasteiger partial charge on any atom is -0.281 e. The molecule has 1 aromatic carbocycles. The van der Waals surface area contributed by atoms with Gasteiger partial charge in [0.2, 0.25) is 4.77 Å². The fourth-order valence-corrected chi connectivity index (χ4v) is 2.83. The summed E-state index contributed by atoms with van der Waals surface area (Å²) in [7, 11) is 0. The van der Waals surface area contributed by atoms with Gasteiger partial charge in [-0.3, -0.25) is 10.2 Å². The zero-order valence-electron chi connectivity index (χ0n) is 9.68. The van der Waals surface area contributed by atoms with Crippen molar-refractivity contribution < 1.29 is 0 Å². The van der Waals surface area contributed by atoms with Crippen LogP contribution in [0.1, 0.15) is 10.6 Å². The number of H-pyrrole nitrogens is 2. The van der Waals surface area contributed by atoms with Crippen LogP contribution in [0.4, 0.5) is 0 Å². The van der Waals surface area contributed by atoms with E-state index in [9.17, 15) is 0 Å². The Bertz CT molecular complexity index is 741. The molecule has 0 amide bonds. The Morgan fingerprint density at radius 2 is 2.00 bits per heavy atom. The number of thiazole rings is 1. The molecule has 3 rings (SSSR count). The van der Waals surface area contributed by atoms with Gasteiger partial charge in [-0.1, -0.05) is 23.7 Å². The number of hydrogen-bond acceptors (Lipinski definition) is 4. The van der Waals surface area contributed by atoms with Crippen LogP contribution in [0.15, 0.2) is 30.5 Å². The van der Waals surface area contributed by atoms with Gasteiger partial charge in [0.15, 0.2) is 5.82 Å². The molecule has 2 N–H and O–H groups in total. The molecule has 3 aromatic rings. The van der Waals surface area contributed by atoms with E-state index in [1.807, 2.05) is 24.3 Å². The standard InChI is InChI=1S/C12H9ClN4S2/c13-8-3-1-7(2-4-8)5-10-14-6-9(19-10)11-15-12(18)17-16-11/h1-4,6H,5H2,(H2,15,16,17,18). The van der Waals surface area contributed by atoms with Gasteiger partial charge >= 0.3 is 0 Å². The molecular formula is C12H9ClN4S2. The second kappa shape index (κ2) is 5.24. The summed E-state index contributed by atoms with van der Waals surface area (Å²) in [5, 5.41) is 7.46. The lowest BCUT2D eigenvalue weighted by Crippen LogP contribution is -1.85. The molecule has 0 atom stereocenters. The largest absolute Gasteiger partial charge is 0.281 e. The lowest BCUT2D eigenvalue weighted by molar-refractivity contribution is 1.08. The molecule has 19 heavy (non-hydrogen) atoms. The van der Waals surface area contributed by atoms with Crippen LogP contribution in [0, 0.1) is 4.77 Å². The third kappa shape index (κ3) is 2.91. The number of nitrogens with zero attached hydrogens (tertiary/aromatic N) is 2. The Kier molecular flexibility index (Phi) is 3.46. The van der Waals surface area contributed by atoms with Crippen LogP contribution in [0.2, 0.25) is 5.02 Å². The van der Waals surface area contributed by atoms with E-state index in [2.05, 4.69) is 20.2 Å². The summed E-state index contributed by atoms with van der Waals surface area (Å²) >= 11 is 12.4. The molecule has 0 aliphatic rings. The number of rotatable bonds is 3. The highest BCUT2D eigenvalue weighted by Gasteiger charge is 2.07. The molecule has 7 heteroatoms. The predicted octanol–water partition coefficient (Wildman–Crippen LogP) is 3.83. The monoisotopic (exact) mass is 308 g/mol. The second-order valence-electron chi connectivity index (χ2n) is 3.94. The maximum atomic E-state index is 5.86. The Morgan fingerprint density at radius 3 is 2.68 bits per heavy atom. The van der Waals surface area contributed by atoms with Crippen molar-refractivity contribution in [2.45, 2.75) is 6.42 Å². The zero-order chi connectivity index (χ0) is 13.2. The van der Waals surface area contributed by atoms with E-state index in [1.54, 1.807) is 17.5 Å². The van der Waals surface area contributed by atoms with Gasteiger partial charge in [-0.15, -0.1) is 11.3 Å². The van der Waals surface area contributed by atoms with E-state index >= 15 is 0 Å². The normalized spacial score (nSPS) is 10.8.